The first-order chi connectivity index (χ1) is 14.1. The van der Waals surface area contributed by atoms with E-state index in [9.17, 15) is 4.79 Å². The van der Waals surface area contributed by atoms with E-state index in [4.69, 9.17) is 9.47 Å². The Bertz CT molecular complexity index is 1290. The average molecular weight is 381 g/mol. The van der Waals surface area contributed by atoms with Gasteiger partial charge < -0.3 is 14.0 Å². The van der Waals surface area contributed by atoms with E-state index in [0.29, 0.717) is 17.3 Å². The van der Waals surface area contributed by atoms with E-state index < -0.39 is 5.97 Å². The molecule has 5 rings (SSSR count). The van der Waals surface area contributed by atoms with Gasteiger partial charge in [0.25, 0.3) is 0 Å². The lowest BCUT2D eigenvalue weighted by Crippen LogP contribution is -2.06. The van der Waals surface area contributed by atoms with Crippen LogP contribution in [0.2, 0.25) is 0 Å². The Hall–Kier alpha value is -3.79. The first kappa shape index (κ1) is 17.3. The average Bonchev–Trinajstić information content (AvgIpc) is 3.16. The number of aromatic nitrogens is 1. The number of hydrogen-bond acceptors (Lipinski definition) is 3. The summed E-state index contributed by atoms with van der Waals surface area (Å²) < 4.78 is 14.2. The van der Waals surface area contributed by atoms with Gasteiger partial charge in [-0.3, -0.25) is 4.79 Å². The Morgan fingerprint density at radius 1 is 0.966 bits per heavy atom. The second-order valence-electron chi connectivity index (χ2n) is 7.12. The Labute approximate surface area is 168 Å². The van der Waals surface area contributed by atoms with Crippen LogP contribution in [0.5, 0.6) is 5.75 Å². The third-order valence-electron chi connectivity index (χ3n) is 5.05. The largest absolute Gasteiger partial charge is 0.450 e. The van der Waals surface area contributed by atoms with Crippen LogP contribution in [-0.4, -0.2) is 10.5 Å². The highest BCUT2D eigenvalue weighted by atomic mass is 16.6. The van der Waals surface area contributed by atoms with Crippen LogP contribution >= 0.6 is 0 Å². The summed E-state index contributed by atoms with van der Waals surface area (Å²) in [5.74, 6) is 1.25. The van der Waals surface area contributed by atoms with Crippen LogP contribution in [0.15, 0.2) is 79.0 Å². The van der Waals surface area contributed by atoms with Gasteiger partial charge in [0.1, 0.15) is 0 Å². The van der Waals surface area contributed by atoms with E-state index in [1.165, 1.54) is 6.92 Å². The van der Waals surface area contributed by atoms with Gasteiger partial charge in [-0.05, 0) is 47.5 Å². The number of carbonyl (C=O) groups excluding carboxylic acids is 1. The standard InChI is InChI=1S/C25H19NO3/c1-16-12-13-23-22(15-16)26-14-6-11-21(26)25(28-17(2)27)24(29-23)20-10-5-8-18-7-3-4-9-19(18)20/h3-15H,1-2H3. The Kier molecular flexibility index (Phi) is 3.98. The van der Waals surface area contributed by atoms with Crippen LogP contribution in [0.1, 0.15) is 23.7 Å². The van der Waals surface area contributed by atoms with Gasteiger partial charge in [-0.1, -0.05) is 48.5 Å². The van der Waals surface area contributed by atoms with Crippen LogP contribution in [0.3, 0.4) is 0 Å². The smallest absolute Gasteiger partial charge is 0.308 e. The molecule has 3 aromatic carbocycles. The molecule has 0 spiro atoms. The number of rotatable bonds is 2. The number of fused-ring (bicyclic) bond motifs is 4. The van der Waals surface area contributed by atoms with Gasteiger partial charge in [0.2, 0.25) is 0 Å². The van der Waals surface area contributed by atoms with Crippen molar-refractivity contribution >= 4 is 28.3 Å². The van der Waals surface area contributed by atoms with Crippen molar-refractivity contribution in [3.05, 3.63) is 95.8 Å². The maximum atomic E-state index is 12.0. The van der Waals surface area contributed by atoms with Gasteiger partial charge in [-0.25, -0.2) is 0 Å². The first-order valence-electron chi connectivity index (χ1n) is 9.49. The Morgan fingerprint density at radius 2 is 1.79 bits per heavy atom. The molecule has 1 aromatic heterocycles. The third-order valence-corrected chi connectivity index (χ3v) is 5.05. The minimum Gasteiger partial charge on any atom is -0.450 e. The number of ether oxygens (including phenoxy) is 2. The summed E-state index contributed by atoms with van der Waals surface area (Å²) in [5, 5.41) is 2.12. The lowest BCUT2D eigenvalue weighted by atomic mass is 10.0. The van der Waals surface area contributed by atoms with E-state index in [-0.39, 0.29) is 0 Å². The topological polar surface area (TPSA) is 40.5 Å². The molecule has 0 radical (unpaired) electrons. The fourth-order valence-electron chi connectivity index (χ4n) is 3.79. The van der Waals surface area contributed by atoms with Gasteiger partial charge in [0.15, 0.2) is 17.3 Å². The first-order valence-corrected chi connectivity index (χ1v) is 9.49. The predicted octanol–water partition coefficient (Wildman–Crippen LogP) is 5.72. The van der Waals surface area contributed by atoms with E-state index >= 15 is 0 Å². The Morgan fingerprint density at radius 3 is 2.66 bits per heavy atom. The summed E-state index contributed by atoms with van der Waals surface area (Å²) in [5.41, 5.74) is 3.67. The van der Waals surface area contributed by atoms with Crippen molar-refractivity contribution in [2.75, 3.05) is 0 Å². The molecule has 0 N–H and O–H groups in total. The number of benzene rings is 3. The quantitative estimate of drug-likeness (QED) is 0.417. The van der Waals surface area contributed by atoms with Crippen LogP contribution < -0.4 is 4.74 Å². The second kappa shape index (κ2) is 6.67. The van der Waals surface area contributed by atoms with Crippen molar-refractivity contribution in [3.8, 4) is 11.4 Å². The van der Waals surface area contributed by atoms with Crippen LogP contribution in [0, 0.1) is 6.92 Å². The molecule has 142 valence electrons. The van der Waals surface area contributed by atoms with E-state index in [0.717, 1.165) is 33.3 Å². The van der Waals surface area contributed by atoms with Gasteiger partial charge in [-0.15, -0.1) is 0 Å². The predicted molar refractivity (Wildman–Crippen MR) is 114 cm³/mol. The summed E-state index contributed by atoms with van der Waals surface area (Å²) in [6, 6.07) is 24.1. The molecule has 4 nitrogen and oxygen atoms in total. The van der Waals surface area contributed by atoms with Gasteiger partial charge in [0, 0.05) is 18.7 Å². The van der Waals surface area contributed by atoms with Crippen molar-refractivity contribution in [2.24, 2.45) is 0 Å². The number of hydrogen-bond donors (Lipinski definition) is 0. The minimum atomic E-state index is -0.392. The number of nitrogens with zero attached hydrogens (tertiary/aromatic N) is 1. The van der Waals surface area contributed by atoms with Crippen molar-refractivity contribution in [2.45, 2.75) is 13.8 Å². The molecular weight excluding hydrogens is 362 g/mol. The SMILES string of the molecule is CC(=O)OC1=C(c2cccc3ccccc23)Oc2ccc(C)cc2-n2cccc21. The molecule has 0 fully saturated rings. The zero-order valence-electron chi connectivity index (χ0n) is 16.2. The molecule has 1 aliphatic heterocycles. The van der Waals surface area contributed by atoms with Crippen molar-refractivity contribution in [1.29, 1.82) is 0 Å². The van der Waals surface area contributed by atoms with Gasteiger partial charge >= 0.3 is 5.97 Å². The van der Waals surface area contributed by atoms with Crippen molar-refractivity contribution < 1.29 is 14.3 Å². The molecular formula is C25H19NO3. The number of carbonyl (C=O) groups is 1. The maximum Gasteiger partial charge on any atom is 0.308 e. The molecule has 0 saturated carbocycles. The maximum absolute atomic E-state index is 12.0. The number of aryl methyl sites for hydroxylation is 1. The molecule has 2 heterocycles. The molecule has 0 amide bonds. The molecule has 4 aromatic rings. The summed E-state index contributed by atoms with van der Waals surface area (Å²) >= 11 is 0. The molecule has 0 atom stereocenters. The fourth-order valence-corrected chi connectivity index (χ4v) is 3.79. The molecule has 0 unspecified atom stereocenters. The molecule has 0 saturated heterocycles. The zero-order chi connectivity index (χ0) is 20.0. The lowest BCUT2D eigenvalue weighted by molar-refractivity contribution is -0.134. The summed E-state index contributed by atoms with van der Waals surface area (Å²) in [6.07, 6.45) is 1.95. The molecule has 1 aliphatic rings. The molecule has 0 aliphatic carbocycles. The van der Waals surface area contributed by atoms with Gasteiger partial charge in [-0.2, -0.15) is 0 Å². The molecule has 0 bridgehead atoms. The minimum absolute atomic E-state index is 0.392. The summed E-state index contributed by atoms with van der Waals surface area (Å²) in [6.45, 7) is 3.45. The lowest BCUT2D eigenvalue weighted by Gasteiger charge is -2.15. The normalized spacial score (nSPS) is 12.8. The number of esters is 1. The van der Waals surface area contributed by atoms with E-state index in [1.54, 1.807) is 0 Å². The summed E-state index contributed by atoms with van der Waals surface area (Å²) in [7, 11) is 0. The highest BCUT2D eigenvalue weighted by Crippen LogP contribution is 2.40. The molecule has 29 heavy (non-hydrogen) atoms. The fraction of sp³-hybridized carbons (Fsp3) is 0.0800. The Balaban J connectivity index is 1.86. The van der Waals surface area contributed by atoms with Crippen LogP contribution in [0.4, 0.5) is 0 Å². The second-order valence-corrected chi connectivity index (χ2v) is 7.12. The summed E-state index contributed by atoms with van der Waals surface area (Å²) in [4.78, 5) is 12.0. The third kappa shape index (κ3) is 2.90. The van der Waals surface area contributed by atoms with Crippen molar-refractivity contribution in [1.82, 2.24) is 4.57 Å². The highest BCUT2D eigenvalue weighted by molar-refractivity contribution is 6.00. The van der Waals surface area contributed by atoms with E-state index in [2.05, 4.69) is 18.2 Å². The van der Waals surface area contributed by atoms with Crippen molar-refractivity contribution in [3.63, 3.8) is 0 Å². The monoisotopic (exact) mass is 381 g/mol. The van der Waals surface area contributed by atoms with E-state index in [1.807, 2.05) is 72.3 Å². The zero-order valence-corrected chi connectivity index (χ0v) is 16.2. The van der Waals surface area contributed by atoms with Crippen LogP contribution in [-0.2, 0) is 9.53 Å². The van der Waals surface area contributed by atoms with Crippen LogP contribution in [0.25, 0.3) is 28.0 Å². The molecule has 4 heteroatoms. The van der Waals surface area contributed by atoms with Gasteiger partial charge in [0.05, 0.1) is 11.4 Å². The highest BCUT2D eigenvalue weighted by Gasteiger charge is 2.27.